The summed E-state index contributed by atoms with van der Waals surface area (Å²) in [5, 5.41) is 22.1. The largest absolute Gasteiger partial charge is 0.491 e. The number of ether oxygens (including phenoxy) is 3. The number of carboxylic acid groups (broad SMARTS) is 1. The first kappa shape index (κ1) is 24.2. The summed E-state index contributed by atoms with van der Waals surface area (Å²) in [6, 6.07) is 13.8. The number of benzene rings is 2. The van der Waals surface area contributed by atoms with E-state index >= 15 is 0 Å². The van der Waals surface area contributed by atoms with E-state index in [1.54, 1.807) is 62.4 Å². The van der Waals surface area contributed by atoms with Gasteiger partial charge in [0.1, 0.15) is 30.8 Å². The fourth-order valence-electron chi connectivity index (χ4n) is 2.77. The van der Waals surface area contributed by atoms with Gasteiger partial charge in [0.05, 0.1) is 6.10 Å². The number of anilines is 1. The minimum absolute atomic E-state index is 0.0122. The first-order valence-electron chi connectivity index (χ1n) is 10.0. The Kier molecular flexibility index (Phi) is 9.30. The highest BCUT2D eigenvalue weighted by molar-refractivity contribution is 5.88. The van der Waals surface area contributed by atoms with E-state index < -0.39 is 18.2 Å². The van der Waals surface area contributed by atoms with Gasteiger partial charge in [-0.2, -0.15) is 0 Å². The van der Waals surface area contributed by atoms with Gasteiger partial charge in [0.15, 0.2) is 6.10 Å². The van der Waals surface area contributed by atoms with Crippen molar-refractivity contribution in [1.29, 1.82) is 0 Å². The maximum Gasteiger partial charge on any atom is 0.333 e. The van der Waals surface area contributed by atoms with Crippen LogP contribution >= 0.6 is 0 Å². The highest BCUT2D eigenvalue weighted by Crippen LogP contribution is 2.18. The molecule has 2 rings (SSSR count). The monoisotopic (exact) mass is 431 g/mol. The standard InChI is InChI=1S/C23H29NO7/c1-15(2)31-22(23(27)28)12-17-5-4-6-21(11-17)30-14-19(26)13-29-20-9-7-18(8-10-20)24-16(3)25/h4-11,15,19,22,26H,12-14H2,1-3H3,(H,24,25)(H,27,28). The molecular weight excluding hydrogens is 402 g/mol. The quantitative estimate of drug-likeness (QED) is 0.473. The molecule has 8 heteroatoms. The zero-order valence-corrected chi connectivity index (χ0v) is 17.9. The average Bonchev–Trinajstić information content (AvgIpc) is 2.71. The Morgan fingerprint density at radius 3 is 2.23 bits per heavy atom. The van der Waals surface area contributed by atoms with E-state index in [2.05, 4.69) is 5.32 Å². The van der Waals surface area contributed by atoms with Gasteiger partial charge >= 0.3 is 5.97 Å². The fraction of sp³-hybridized carbons (Fsp3) is 0.391. The molecule has 0 heterocycles. The summed E-state index contributed by atoms with van der Waals surface area (Å²) in [6.07, 6.45) is -1.79. The lowest BCUT2D eigenvalue weighted by Gasteiger charge is -2.17. The molecule has 0 aliphatic rings. The number of amides is 1. The molecule has 0 fully saturated rings. The van der Waals surface area contributed by atoms with Gasteiger partial charge in [-0.25, -0.2) is 4.79 Å². The maximum atomic E-state index is 11.4. The number of aliphatic hydroxyl groups excluding tert-OH is 1. The van der Waals surface area contributed by atoms with E-state index in [1.807, 2.05) is 0 Å². The van der Waals surface area contributed by atoms with Crippen molar-refractivity contribution in [2.75, 3.05) is 18.5 Å². The number of carboxylic acids is 1. The molecule has 2 aromatic carbocycles. The van der Waals surface area contributed by atoms with Crippen LogP contribution in [0.3, 0.4) is 0 Å². The smallest absolute Gasteiger partial charge is 0.333 e. The van der Waals surface area contributed by atoms with Crippen molar-refractivity contribution in [3.63, 3.8) is 0 Å². The predicted molar refractivity (Wildman–Crippen MR) is 116 cm³/mol. The van der Waals surface area contributed by atoms with Crippen molar-refractivity contribution in [3.05, 3.63) is 54.1 Å². The van der Waals surface area contributed by atoms with Crippen LogP contribution in [0.4, 0.5) is 5.69 Å². The third-order valence-corrected chi connectivity index (χ3v) is 4.09. The number of nitrogens with one attached hydrogen (secondary N) is 1. The summed E-state index contributed by atoms with van der Waals surface area (Å²) in [5.74, 6) is -0.0983. The molecule has 0 aliphatic heterocycles. The van der Waals surface area contributed by atoms with E-state index in [0.29, 0.717) is 17.2 Å². The highest BCUT2D eigenvalue weighted by atomic mass is 16.5. The van der Waals surface area contributed by atoms with Gasteiger partial charge in [-0.15, -0.1) is 0 Å². The Labute approximate surface area is 181 Å². The first-order valence-corrected chi connectivity index (χ1v) is 10.0. The minimum Gasteiger partial charge on any atom is -0.491 e. The Balaban J connectivity index is 1.82. The summed E-state index contributed by atoms with van der Waals surface area (Å²) >= 11 is 0. The fourth-order valence-corrected chi connectivity index (χ4v) is 2.77. The average molecular weight is 431 g/mol. The summed E-state index contributed by atoms with van der Waals surface area (Å²) in [5.41, 5.74) is 1.42. The van der Waals surface area contributed by atoms with Crippen LogP contribution in [-0.4, -0.2) is 53.6 Å². The van der Waals surface area contributed by atoms with Gasteiger partial charge in [-0.3, -0.25) is 4.79 Å². The van der Waals surface area contributed by atoms with Gasteiger partial charge in [-0.05, 0) is 55.8 Å². The van der Waals surface area contributed by atoms with Gasteiger partial charge < -0.3 is 29.7 Å². The van der Waals surface area contributed by atoms with E-state index in [1.165, 1.54) is 6.92 Å². The molecular formula is C23H29NO7. The lowest BCUT2D eigenvalue weighted by molar-refractivity contribution is -0.153. The van der Waals surface area contributed by atoms with Crippen LogP contribution in [0.15, 0.2) is 48.5 Å². The number of carbonyl (C=O) groups is 2. The van der Waals surface area contributed by atoms with Crippen molar-refractivity contribution in [1.82, 2.24) is 0 Å². The van der Waals surface area contributed by atoms with Crippen LogP contribution in [0.5, 0.6) is 11.5 Å². The summed E-state index contributed by atoms with van der Waals surface area (Å²) in [7, 11) is 0. The predicted octanol–water partition coefficient (Wildman–Crippen LogP) is 2.88. The van der Waals surface area contributed by atoms with Crippen LogP contribution in [0.25, 0.3) is 0 Å². The van der Waals surface area contributed by atoms with Crippen molar-refractivity contribution in [2.24, 2.45) is 0 Å². The number of carbonyl (C=O) groups excluding carboxylic acids is 1. The third kappa shape index (κ3) is 9.06. The molecule has 2 aromatic rings. The normalized spacial score (nSPS) is 12.8. The van der Waals surface area contributed by atoms with Crippen molar-refractivity contribution in [3.8, 4) is 11.5 Å². The Bertz CT molecular complexity index is 851. The van der Waals surface area contributed by atoms with Crippen LogP contribution in [0, 0.1) is 0 Å². The molecule has 0 saturated heterocycles. The number of hydrogen-bond donors (Lipinski definition) is 3. The third-order valence-electron chi connectivity index (χ3n) is 4.09. The van der Waals surface area contributed by atoms with Crippen molar-refractivity contribution in [2.45, 2.75) is 45.5 Å². The molecule has 0 aliphatic carbocycles. The van der Waals surface area contributed by atoms with Gasteiger partial charge in [0.25, 0.3) is 0 Å². The van der Waals surface area contributed by atoms with E-state index in [-0.39, 0.29) is 31.6 Å². The number of aliphatic hydroxyl groups is 1. The first-order chi connectivity index (χ1) is 14.7. The minimum atomic E-state index is -1.02. The molecule has 168 valence electrons. The number of rotatable bonds is 12. The summed E-state index contributed by atoms with van der Waals surface area (Å²) < 4.78 is 16.6. The highest BCUT2D eigenvalue weighted by Gasteiger charge is 2.20. The topological polar surface area (TPSA) is 114 Å². The van der Waals surface area contributed by atoms with Crippen molar-refractivity contribution >= 4 is 17.6 Å². The molecule has 0 saturated carbocycles. The Hall–Kier alpha value is -3.10. The van der Waals surface area contributed by atoms with E-state index in [9.17, 15) is 19.8 Å². The molecule has 8 nitrogen and oxygen atoms in total. The van der Waals surface area contributed by atoms with E-state index in [4.69, 9.17) is 14.2 Å². The zero-order chi connectivity index (χ0) is 22.8. The zero-order valence-electron chi connectivity index (χ0n) is 17.9. The molecule has 0 spiro atoms. The van der Waals surface area contributed by atoms with Crippen LogP contribution in [0.2, 0.25) is 0 Å². The molecule has 1 amide bonds. The number of aliphatic carboxylic acids is 1. The molecule has 2 atom stereocenters. The Morgan fingerprint density at radius 1 is 1.00 bits per heavy atom. The molecule has 0 bridgehead atoms. The lowest BCUT2D eigenvalue weighted by atomic mass is 10.1. The van der Waals surface area contributed by atoms with Crippen LogP contribution in [-0.2, 0) is 20.7 Å². The van der Waals surface area contributed by atoms with Crippen LogP contribution < -0.4 is 14.8 Å². The van der Waals surface area contributed by atoms with Crippen LogP contribution in [0.1, 0.15) is 26.3 Å². The molecule has 0 radical (unpaired) electrons. The molecule has 3 N–H and O–H groups in total. The maximum absolute atomic E-state index is 11.4. The second-order valence-corrected chi connectivity index (χ2v) is 7.34. The number of hydrogen-bond acceptors (Lipinski definition) is 6. The molecule has 2 unspecified atom stereocenters. The lowest BCUT2D eigenvalue weighted by Crippen LogP contribution is -2.29. The molecule has 31 heavy (non-hydrogen) atoms. The second-order valence-electron chi connectivity index (χ2n) is 7.34. The second kappa shape index (κ2) is 11.9. The Morgan fingerprint density at radius 2 is 1.65 bits per heavy atom. The van der Waals surface area contributed by atoms with Crippen molar-refractivity contribution < 1.29 is 34.0 Å². The molecule has 0 aromatic heterocycles. The van der Waals surface area contributed by atoms with Gasteiger partial charge in [-0.1, -0.05) is 12.1 Å². The van der Waals surface area contributed by atoms with Gasteiger partial charge in [0, 0.05) is 19.0 Å². The SMILES string of the molecule is CC(=O)Nc1ccc(OCC(O)COc2cccc(CC(OC(C)C)C(=O)O)c2)cc1. The summed E-state index contributed by atoms with van der Waals surface area (Å²) in [4.78, 5) is 22.4. The van der Waals surface area contributed by atoms with E-state index in [0.717, 1.165) is 5.56 Å². The summed E-state index contributed by atoms with van der Waals surface area (Å²) in [6.45, 7) is 5.05. The van der Waals surface area contributed by atoms with Gasteiger partial charge in [0.2, 0.25) is 5.91 Å².